The van der Waals surface area contributed by atoms with Crippen molar-refractivity contribution in [3.8, 4) is 11.5 Å². The zero-order chi connectivity index (χ0) is 20.4. The minimum atomic E-state index is -0.356. The number of phenols is 1. The van der Waals surface area contributed by atoms with Gasteiger partial charge >= 0.3 is 5.97 Å². The summed E-state index contributed by atoms with van der Waals surface area (Å²) in [5.74, 6) is 0.128. The number of cyclic esters (lactones) is 1. The van der Waals surface area contributed by atoms with Crippen molar-refractivity contribution in [3.05, 3.63) is 23.3 Å². The van der Waals surface area contributed by atoms with Crippen molar-refractivity contribution in [1.82, 2.24) is 0 Å². The molecule has 2 rings (SSSR count). The van der Waals surface area contributed by atoms with E-state index in [-0.39, 0.29) is 23.9 Å². The number of hydrogen-bond acceptors (Lipinski definition) is 5. The molecule has 0 radical (unpaired) electrons. The Hall–Kier alpha value is -1.75. The summed E-state index contributed by atoms with van der Waals surface area (Å²) in [6, 6.07) is 3.07. The molecule has 2 unspecified atom stereocenters. The molecule has 0 spiro atoms. The van der Waals surface area contributed by atoms with Gasteiger partial charge in [0.2, 0.25) is 0 Å². The third-order valence-electron chi connectivity index (χ3n) is 5.48. The maximum atomic E-state index is 12.1. The van der Waals surface area contributed by atoms with Gasteiger partial charge in [-0.25, -0.2) is 4.79 Å². The number of unbranched alkanes of at least 4 members (excludes halogenated alkanes) is 9. The molecule has 0 bridgehead atoms. The Bertz CT molecular complexity index is 611. The summed E-state index contributed by atoms with van der Waals surface area (Å²) in [6.07, 6.45) is 13.4. The topological polar surface area (TPSA) is 76.0 Å². The van der Waals surface area contributed by atoms with Crippen molar-refractivity contribution in [2.45, 2.75) is 96.2 Å². The molecule has 1 heterocycles. The number of ether oxygens (including phenoxy) is 2. The summed E-state index contributed by atoms with van der Waals surface area (Å²) in [7, 11) is 1.49. The van der Waals surface area contributed by atoms with Crippen LogP contribution in [0.3, 0.4) is 0 Å². The van der Waals surface area contributed by atoms with Crippen molar-refractivity contribution in [3.63, 3.8) is 0 Å². The van der Waals surface area contributed by atoms with E-state index >= 15 is 0 Å². The maximum absolute atomic E-state index is 12.1. The number of phenolic OH excluding ortho intramolecular Hbond substituents is 1. The number of carbonyl (C=O) groups is 1. The highest BCUT2D eigenvalue weighted by atomic mass is 16.6. The minimum absolute atomic E-state index is 0.102. The van der Waals surface area contributed by atoms with Crippen LogP contribution in [0.1, 0.15) is 106 Å². The number of rotatable bonds is 14. The molecule has 0 aliphatic carbocycles. The van der Waals surface area contributed by atoms with Gasteiger partial charge in [-0.2, -0.15) is 0 Å². The van der Waals surface area contributed by atoms with Crippen LogP contribution in [0.25, 0.3) is 0 Å². The number of aliphatic hydroxyl groups is 1. The van der Waals surface area contributed by atoms with E-state index in [0.717, 1.165) is 37.7 Å². The summed E-state index contributed by atoms with van der Waals surface area (Å²) in [5, 5.41) is 19.1. The van der Waals surface area contributed by atoms with E-state index in [0.29, 0.717) is 11.3 Å². The van der Waals surface area contributed by atoms with Gasteiger partial charge in [0.15, 0.2) is 0 Å². The fraction of sp³-hybridized carbons (Fsp3) is 0.696. The Balaban J connectivity index is 1.56. The predicted molar refractivity (Wildman–Crippen MR) is 110 cm³/mol. The molecule has 0 saturated carbocycles. The lowest BCUT2D eigenvalue weighted by atomic mass is 9.98. The summed E-state index contributed by atoms with van der Waals surface area (Å²) in [6.45, 7) is 1.86. The predicted octanol–water partition coefficient (Wildman–Crippen LogP) is 5.67. The molecule has 1 aliphatic rings. The average molecular weight is 393 g/mol. The van der Waals surface area contributed by atoms with Crippen molar-refractivity contribution >= 4 is 5.97 Å². The van der Waals surface area contributed by atoms with Crippen LogP contribution in [0, 0.1) is 0 Å². The van der Waals surface area contributed by atoms with Crippen LogP contribution in [-0.4, -0.2) is 29.4 Å². The molecular weight excluding hydrogens is 356 g/mol. The van der Waals surface area contributed by atoms with E-state index < -0.39 is 0 Å². The number of aliphatic hydroxyl groups excluding tert-OH is 1. The van der Waals surface area contributed by atoms with Crippen molar-refractivity contribution in [2.24, 2.45) is 0 Å². The smallest absolute Gasteiger partial charge is 0.342 e. The van der Waals surface area contributed by atoms with Crippen molar-refractivity contribution < 1.29 is 24.5 Å². The summed E-state index contributed by atoms with van der Waals surface area (Å²) < 4.78 is 10.7. The average Bonchev–Trinajstić information content (AvgIpc) is 2.97. The second-order valence-electron chi connectivity index (χ2n) is 7.97. The molecule has 0 amide bonds. The zero-order valence-corrected chi connectivity index (χ0v) is 17.4. The molecule has 2 atom stereocenters. The number of carbonyl (C=O) groups excluding carboxylic acids is 1. The number of hydrogen-bond donors (Lipinski definition) is 2. The largest absolute Gasteiger partial charge is 0.508 e. The third-order valence-corrected chi connectivity index (χ3v) is 5.48. The van der Waals surface area contributed by atoms with E-state index in [4.69, 9.17) is 9.47 Å². The summed E-state index contributed by atoms with van der Waals surface area (Å²) in [4.78, 5) is 12.1. The van der Waals surface area contributed by atoms with Gasteiger partial charge in [-0.15, -0.1) is 0 Å². The highest BCUT2D eigenvalue weighted by Crippen LogP contribution is 2.41. The molecular formula is C23H36O5. The van der Waals surface area contributed by atoms with Gasteiger partial charge in [-0.1, -0.05) is 57.8 Å². The van der Waals surface area contributed by atoms with E-state index in [1.54, 1.807) is 6.07 Å². The van der Waals surface area contributed by atoms with Gasteiger partial charge in [-0.05, 0) is 32.3 Å². The quantitative estimate of drug-likeness (QED) is 0.315. The Morgan fingerprint density at radius 2 is 1.57 bits per heavy atom. The molecule has 1 aromatic rings. The molecule has 1 aliphatic heterocycles. The number of benzene rings is 1. The molecule has 2 N–H and O–H groups in total. The number of fused-ring (bicyclic) bond motifs is 1. The third kappa shape index (κ3) is 7.01. The van der Waals surface area contributed by atoms with Gasteiger partial charge in [-0.3, -0.25) is 0 Å². The Morgan fingerprint density at radius 3 is 2.14 bits per heavy atom. The lowest BCUT2D eigenvalue weighted by Gasteiger charge is -2.11. The molecule has 158 valence electrons. The van der Waals surface area contributed by atoms with E-state index in [9.17, 15) is 15.0 Å². The molecule has 0 aromatic heterocycles. The first kappa shape index (κ1) is 22.5. The van der Waals surface area contributed by atoms with Crippen molar-refractivity contribution in [1.29, 1.82) is 0 Å². The highest BCUT2D eigenvalue weighted by Gasteiger charge is 2.34. The molecule has 0 saturated heterocycles. The van der Waals surface area contributed by atoms with Gasteiger partial charge in [0.25, 0.3) is 0 Å². The molecule has 5 nitrogen and oxygen atoms in total. The van der Waals surface area contributed by atoms with E-state index in [1.807, 2.05) is 6.92 Å². The minimum Gasteiger partial charge on any atom is -0.508 e. The Kier molecular flexibility index (Phi) is 9.62. The fourth-order valence-electron chi connectivity index (χ4n) is 3.91. The second-order valence-corrected chi connectivity index (χ2v) is 7.97. The maximum Gasteiger partial charge on any atom is 0.342 e. The highest BCUT2D eigenvalue weighted by molar-refractivity contribution is 5.97. The van der Waals surface area contributed by atoms with Crippen LogP contribution < -0.4 is 4.74 Å². The molecule has 1 aromatic carbocycles. The molecule has 0 fully saturated rings. The Labute approximate surface area is 169 Å². The van der Waals surface area contributed by atoms with Crippen LogP contribution >= 0.6 is 0 Å². The second kappa shape index (κ2) is 11.9. The first-order valence-electron chi connectivity index (χ1n) is 10.8. The summed E-state index contributed by atoms with van der Waals surface area (Å²) in [5.41, 5.74) is 1.20. The van der Waals surface area contributed by atoms with Crippen LogP contribution in [0.5, 0.6) is 11.5 Å². The standard InChI is InChI=1S/C23H36O5/c1-17(24)13-11-9-7-5-3-4-6-8-10-12-14-20-19-15-18(25)16-21(27-2)22(19)23(26)28-20/h15-17,20,24-25H,3-14H2,1-2H3. The SMILES string of the molecule is COc1cc(O)cc2c1C(=O)OC2CCCCCCCCCCCCC(C)O. The first-order valence-corrected chi connectivity index (χ1v) is 10.8. The van der Waals surface area contributed by atoms with Gasteiger partial charge in [0, 0.05) is 11.6 Å². The van der Waals surface area contributed by atoms with Gasteiger partial charge in [0.05, 0.1) is 13.2 Å². The van der Waals surface area contributed by atoms with Crippen LogP contribution in [-0.2, 0) is 4.74 Å². The zero-order valence-electron chi connectivity index (χ0n) is 17.4. The molecule has 5 heteroatoms. The fourth-order valence-corrected chi connectivity index (χ4v) is 3.91. The normalized spacial score (nSPS) is 16.7. The monoisotopic (exact) mass is 392 g/mol. The lowest BCUT2D eigenvalue weighted by molar-refractivity contribution is 0.0361. The van der Waals surface area contributed by atoms with Gasteiger partial charge < -0.3 is 19.7 Å². The molecule has 28 heavy (non-hydrogen) atoms. The lowest BCUT2D eigenvalue weighted by Crippen LogP contribution is -1.99. The van der Waals surface area contributed by atoms with Gasteiger partial charge in [0.1, 0.15) is 23.2 Å². The number of methoxy groups -OCH3 is 1. The van der Waals surface area contributed by atoms with Crippen molar-refractivity contribution in [2.75, 3.05) is 7.11 Å². The van der Waals surface area contributed by atoms with E-state index in [2.05, 4.69) is 0 Å². The van der Waals surface area contributed by atoms with Crippen LogP contribution in [0.15, 0.2) is 12.1 Å². The van der Waals surface area contributed by atoms with E-state index in [1.165, 1.54) is 58.1 Å². The first-order chi connectivity index (χ1) is 13.5. The Morgan fingerprint density at radius 1 is 1.00 bits per heavy atom. The number of esters is 1. The van der Waals surface area contributed by atoms with Crippen LogP contribution in [0.2, 0.25) is 0 Å². The van der Waals surface area contributed by atoms with Crippen LogP contribution in [0.4, 0.5) is 0 Å². The summed E-state index contributed by atoms with van der Waals surface area (Å²) >= 11 is 0. The number of aromatic hydroxyl groups is 1.